The number of fused-ring (bicyclic) bond motifs is 1. The van der Waals surface area contributed by atoms with Crippen molar-refractivity contribution in [2.75, 3.05) is 13.2 Å². The first-order chi connectivity index (χ1) is 29.6. The van der Waals surface area contributed by atoms with Crippen LogP contribution < -0.4 is 5.14 Å². The van der Waals surface area contributed by atoms with Gasteiger partial charge in [0.05, 0.1) is 29.9 Å². The zero-order valence-electron chi connectivity index (χ0n) is 40.9. The zero-order chi connectivity index (χ0) is 47.9. The lowest BCUT2D eigenvalue weighted by Crippen LogP contribution is -2.45. The van der Waals surface area contributed by atoms with Crippen LogP contribution in [-0.4, -0.2) is 80.9 Å². The molecular weight excluding hydrogens is 901 g/mol. The quantitative estimate of drug-likeness (QED) is 0.0524. The Kier molecular flexibility index (Phi) is 18.9. The average Bonchev–Trinajstić information content (AvgIpc) is 3.77. The molecule has 1 aromatic heterocycles. The third-order valence-corrected chi connectivity index (χ3v) is 28.8. The molecule has 0 spiro atoms. The van der Waals surface area contributed by atoms with Crippen LogP contribution in [0, 0.1) is 11.8 Å². The largest absolute Gasteiger partial charge is 0.465 e. The van der Waals surface area contributed by atoms with Gasteiger partial charge in [0.1, 0.15) is 15.0 Å². The van der Waals surface area contributed by atoms with Crippen LogP contribution in [0.4, 0.5) is 0 Å². The van der Waals surface area contributed by atoms with Crippen molar-refractivity contribution in [2.24, 2.45) is 17.0 Å². The summed E-state index contributed by atoms with van der Waals surface area (Å²) in [5, 5.41) is 4.72. The molecule has 2 aliphatic rings. The highest BCUT2D eigenvalue weighted by Gasteiger charge is 2.51. The lowest BCUT2D eigenvalue weighted by atomic mass is 9.86. The molecule has 2 heterocycles. The Morgan fingerprint density at radius 2 is 1.48 bits per heavy atom. The second kappa shape index (κ2) is 22.3. The summed E-state index contributed by atoms with van der Waals surface area (Å²) in [7, 11) is -12.0. The Balaban J connectivity index is 1.35. The number of carbonyl (C=O) groups is 2. The molecule has 2 N–H and O–H groups in total. The van der Waals surface area contributed by atoms with Crippen molar-refractivity contribution < 1.29 is 40.0 Å². The number of rotatable bonds is 22. The molecule has 1 fully saturated rings. The molecule has 0 radical (unpaired) electrons. The number of sulfonamides is 1. The Morgan fingerprint density at radius 3 is 2.06 bits per heavy atom. The smallest absolute Gasteiger partial charge is 0.305 e. The number of sulfone groups is 1. The van der Waals surface area contributed by atoms with E-state index in [2.05, 4.69) is 110 Å². The van der Waals surface area contributed by atoms with Crippen molar-refractivity contribution in [3.05, 3.63) is 59.7 Å². The molecule has 64 heavy (non-hydrogen) atoms. The molecule has 1 amide bonds. The van der Waals surface area contributed by atoms with E-state index in [1.165, 1.54) is 29.4 Å². The summed E-state index contributed by atoms with van der Waals surface area (Å²) in [6.45, 7) is 26.8. The number of nitrogens with zero attached hydrogens (tertiary/aromatic N) is 1. The zero-order valence-corrected chi connectivity index (χ0v) is 45.4. The number of aryl methyl sites for hydroxylation is 1. The van der Waals surface area contributed by atoms with Crippen LogP contribution in [0.3, 0.4) is 0 Å². The fraction of sp³-hybridized carbons (Fsp3) is 0.708. The number of esters is 1. The van der Waals surface area contributed by atoms with Gasteiger partial charge in [-0.1, -0.05) is 96.9 Å². The van der Waals surface area contributed by atoms with Crippen LogP contribution in [0.1, 0.15) is 143 Å². The molecule has 0 saturated heterocycles. The number of primary sulfonamides is 1. The van der Waals surface area contributed by atoms with Crippen LogP contribution in [-0.2, 0) is 49.5 Å². The highest BCUT2D eigenvalue weighted by atomic mass is 32.3. The van der Waals surface area contributed by atoms with Gasteiger partial charge >= 0.3 is 5.97 Å². The van der Waals surface area contributed by atoms with E-state index in [0.717, 1.165) is 38.5 Å². The van der Waals surface area contributed by atoms with Crippen molar-refractivity contribution in [3.8, 4) is 0 Å². The van der Waals surface area contributed by atoms with E-state index < -0.39 is 47.8 Å². The van der Waals surface area contributed by atoms with Gasteiger partial charge in [-0.05, 0) is 125 Å². The fourth-order valence-electron chi connectivity index (χ4n) is 8.55. The van der Waals surface area contributed by atoms with E-state index in [1.807, 2.05) is 0 Å². The predicted molar refractivity (Wildman–Crippen MR) is 265 cm³/mol. The van der Waals surface area contributed by atoms with Gasteiger partial charge in [0.15, 0.2) is 26.5 Å². The molecule has 1 saturated carbocycles. The number of carbonyl (C=O) groups excluding carboxylic acids is 2. The van der Waals surface area contributed by atoms with Gasteiger partial charge in [-0.2, -0.15) is 0 Å². The second-order valence-corrected chi connectivity index (χ2v) is 36.1. The molecule has 4 rings (SSSR count). The lowest BCUT2D eigenvalue weighted by molar-refractivity contribution is -0.145. The van der Waals surface area contributed by atoms with E-state index in [-0.39, 0.29) is 80.6 Å². The molecule has 362 valence electrons. The number of benzene rings is 1. The van der Waals surface area contributed by atoms with Crippen LogP contribution in [0.2, 0.25) is 36.3 Å². The molecule has 1 aromatic carbocycles. The van der Waals surface area contributed by atoms with Gasteiger partial charge in [0, 0.05) is 18.5 Å². The minimum absolute atomic E-state index is 0.0700. The van der Waals surface area contributed by atoms with Crippen molar-refractivity contribution in [3.63, 3.8) is 0 Å². The Labute approximate surface area is 392 Å². The van der Waals surface area contributed by atoms with Gasteiger partial charge in [-0.3, -0.25) is 9.59 Å². The van der Waals surface area contributed by atoms with Gasteiger partial charge in [-0.15, -0.1) is 11.3 Å². The van der Waals surface area contributed by atoms with Crippen molar-refractivity contribution >= 4 is 59.7 Å². The van der Waals surface area contributed by atoms with Crippen LogP contribution in [0.5, 0.6) is 0 Å². The summed E-state index contributed by atoms with van der Waals surface area (Å²) < 4.78 is 70.2. The third-order valence-electron chi connectivity index (χ3n) is 14.4. The van der Waals surface area contributed by atoms with E-state index >= 15 is 0 Å². The summed E-state index contributed by atoms with van der Waals surface area (Å²) in [5.74, 6) is 0.0427. The number of allylic oxidation sites excluding steroid dienone is 2. The molecule has 2 aromatic rings. The number of thiophene rings is 1. The normalized spacial score (nSPS) is 23.0. The molecule has 2 unspecified atom stereocenters. The maximum absolute atomic E-state index is 13.4. The summed E-state index contributed by atoms with van der Waals surface area (Å²) in [4.78, 5) is 27.8. The number of hydrogen-bond donors (Lipinski definition) is 1. The molecule has 1 aliphatic heterocycles. The van der Waals surface area contributed by atoms with E-state index in [1.54, 1.807) is 13.8 Å². The molecule has 0 bridgehead atoms. The third kappa shape index (κ3) is 14.2. The van der Waals surface area contributed by atoms with Crippen molar-refractivity contribution in [2.45, 2.75) is 201 Å². The minimum atomic E-state index is -4.14. The average molecular weight is 982 g/mol. The van der Waals surface area contributed by atoms with E-state index in [0.29, 0.717) is 29.6 Å². The summed E-state index contributed by atoms with van der Waals surface area (Å²) in [6, 6.07) is 11.4. The first-order valence-electron chi connectivity index (χ1n) is 23.5. The minimum Gasteiger partial charge on any atom is -0.465 e. The molecular formula is C48H80N2O9S3Si2. The Morgan fingerprint density at radius 1 is 0.875 bits per heavy atom. The SMILES string of the molecule is CCN(C(=O)CCOC(=O)CCC/C=C\C[C@H]1C(O[Si](C)(C)C(C)(C)C)CC(O[Si](C)(C)C(C)(C)C)[C@@H]1CCCCCc1ccccc1)[C@H]1C[C@H](C)S(=O)(=O)c2sc(S(N)(=O)=O)cc21. The predicted octanol–water partition coefficient (Wildman–Crippen LogP) is 11.1. The molecule has 6 atom stereocenters. The van der Waals surface area contributed by atoms with Crippen LogP contribution in [0.15, 0.2) is 57.0 Å². The standard InChI is InChI=1S/C48H80N2O9S3Si2/c1-13-50(40-32-35(2)61(53,54)46-39(40)33-45(60-46)62(49,55)56)43(51)30-31-57-44(52)29-23-15-14-21-27-37-38(28-22-17-20-26-36-24-18-16-19-25-36)42(59-64(11,12)48(6,7)8)34-41(37)58-63(9,10)47(3,4)5/h14,16,18-19,21,24-25,33,35,37-38,40-42H,13,15,17,20,22-23,26-32,34H2,1-12H3,(H2,49,55,56)/b21-14-/t35-,37+,38+,40-,41?,42?/m0/s1. The number of amides is 1. The topological polar surface area (TPSA) is 159 Å². The van der Waals surface area contributed by atoms with Gasteiger partial charge in [0.2, 0.25) is 15.9 Å². The summed E-state index contributed by atoms with van der Waals surface area (Å²) in [5.41, 5.74) is 1.66. The maximum atomic E-state index is 13.4. The number of unbranched alkanes of at least 4 members (excludes halogenated alkanes) is 3. The maximum Gasteiger partial charge on any atom is 0.305 e. The van der Waals surface area contributed by atoms with Crippen molar-refractivity contribution in [1.82, 2.24) is 4.90 Å². The summed E-state index contributed by atoms with van der Waals surface area (Å²) >= 11 is 0.624. The van der Waals surface area contributed by atoms with E-state index in [4.69, 9.17) is 18.7 Å². The highest BCUT2D eigenvalue weighted by Crippen LogP contribution is 2.49. The number of hydrogen-bond acceptors (Lipinski definition) is 10. The first kappa shape index (κ1) is 54.4. The monoisotopic (exact) mass is 980 g/mol. The number of nitrogens with two attached hydrogens (primary N) is 1. The van der Waals surface area contributed by atoms with Gasteiger partial charge < -0.3 is 18.5 Å². The van der Waals surface area contributed by atoms with Gasteiger partial charge in [-0.25, -0.2) is 22.0 Å². The molecule has 1 aliphatic carbocycles. The van der Waals surface area contributed by atoms with E-state index in [9.17, 15) is 26.4 Å². The second-order valence-electron chi connectivity index (χ2n) is 21.2. The molecule has 11 nitrogen and oxygen atoms in total. The lowest BCUT2D eigenvalue weighted by Gasteiger charge is -2.40. The summed E-state index contributed by atoms with van der Waals surface area (Å²) in [6.07, 6.45) is 13.9. The van der Waals surface area contributed by atoms with Gasteiger partial charge in [0.25, 0.3) is 0 Å². The number of ether oxygens (including phenoxy) is 1. The first-order valence-corrected chi connectivity index (χ1v) is 33.2. The Hall–Kier alpha value is -2.19. The van der Waals surface area contributed by atoms with Crippen LogP contribution in [0.25, 0.3) is 0 Å². The van der Waals surface area contributed by atoms with Crippen molar-refractivity contribution in [1.29, 1.82) is 0 Å². The highest BCUT2D eigenvalue weighted by molar-refractivity contribution is 7.95. The Bertz CT molecular complexity index is 2110. The van der Waals surface area contributed by atoms with Crippen LogP contribution >= 0.6 is 11.3 Å². The fourth-order valence-corrected chi connectivity index (χ4v) is 15.7. The molecule has 16 heteroatoms.